The maximum absolute atomic E-state index is 12.3. The highest BCUT2D eigenvalue weighted by Gasteiger charge is 2.15. The van der Waals surface area contributed by atoms with E-state index in [9.17, 15) is 4.79 Å². The number of aryl methyl sites for hydroxylation is 1. The first-order chi connectivity index (χ1) is 9.66. The van der Waals surface area contributed by atoms with Gasteiger partial charge < -0.3 is 10.6 Å². The minimum absolute atomic E-state index is 0.248. The molecule has 2 rings (SSSR count). The zero-order valence-corrected chi connectivity index (χ0v) is 13.0. The Labute approximate surface area is 125 Å². The van der Waals surface area contributed by atoms with Gasteiger partial charge in [-0.1, -0.05) is 25.3 Å². The van der Waals surface area contributed by atoms with Crippen molar-refractivity contribution in [3.8, 4) is 0 Å². The fourth-order valence-corrected chi connectivity index (χ4v) is 3.46. The van der Waals surface area contributed by atoms with E-state index in [1.54, 1.807) is 11.8 Å². The van der Waals surface area contributed by atoms with E-state index in [0.717, 1.165) is 36.5 Å². The van der Waals surface area contributed by atoms with Crippen LogP contribution in [0.2, 0.25) is 0 Å². The summed E-state index contributed by atoms with van der Waals surface area (Å²) in [5.74, 6) is 0.742. The first-order valence-corrected chi connectivity index (χ1v) is 8.42. The minimum Gasteiger partial charge on any atom is -0.398 e. The van der Waals surface area contributed by atoms with E-state index in [1.165, 1.54) is 24.8 Å². The molecule has 1 fully saturated rings. The maximum Gasteiger partial charge on any atom is 0.232 e. The van der Waals surface area contributed by atoms with Crippen LogP contribution in [0.15, 0.2) is 23.1 Å². The molecule has 0 unspecified atom stereocenters. The Morgan fingerprint density at radius 3 is 2.55 bits per heavy atom. The van der Waals surface area contributed by atoms with Crippen LogP contribution in [0, 0.1) is 6.92 Å². The standard InChI is InChI=1S/C16H24N2OS/c1-13-7-8-14(17)15(11-13)20-12-16(19)18-9-5-3-2-4-6-10-18/h7-8,11H,2-6,9-10,12,17H2,1H3. The predicted octanol–water partition coefficient (Wildman–Crippen LogP) is 3.46. The van der Waals surface area contributed by atoms with Crippen LogP contribution in [0.5, 0.6) is 0 Å². The second-order valence-corrected chi connectivity index (χ2v) is 6.50. The van der Waals surface area contributed by atoms with Crippen LogP contribution in [-0.4, -0.2) is 29.6 Å². The number of nitrogen functional groups attached to an aromatic ring is 1. The van der Waals surface area contributed by atoms with Crippen LogP contribution in [-0.2, 0) is 4.79 Å². The Bertz CT molecular complexity index is 454. The summed E-state index contributed by atoms with van der Waals surface area (Å²) in [6.45, 7) is 3.88. The number of nitrogens with two attached hydrogens (primary N) is 1. The average molecular weight is 292 g/mol. The van der Waals surface area contributed by atoms with Crippen molar-refractivity contribution in [3.05, 3.63) is 23.8 Å². The van der Waals surface area contributed by atoms with Crippen molar-refractivity contribution in [2.24, 2.45) is 0 Å². The van der Waals surface area contributed by atoms with Crippen LogP contribution in [0.1, 0.15) is 37.7 Å². The van der Waals surface area contributed by atoms with Crippen molar-refractivity contribution in [3.63, 3.8) is 0 Å². The van der Waals surface area contributed by atoms with Crippen LogP contribution >= 0.6 is 11.8 Å². The largest absolute Gasteiger partial charge is 0.398 e. The third-order valence-electron chi connectivity index (χ3n) is 3.73. The van der Waals surface area contributed by atoms with E-state index in [2.05, 4.69) is 6.07 Å². The molecule has 0 aliphatic carbocycles. The smallest absolute Gasteiger partial charge is 0.232 e. The molecule has 110 valence electrons. The first-order valence-electron chi connectivity index (χ1n) is 7.43. The highest BCUT2D eigenvalue weighted by molar-refractivity contribution is 8.00. The summed E-state index contributed by atoms with van der Waals surface area (Å²) in [7, 11) is 0. The number of carbonyl (C=O) groups excluding carboxylic acids is 1. The lowest BCUT2D eigenvalue weighted by molar-refractivity contribution is -0.128. The van der Waals surface area contributed by atoms with Gasteiger partial charge in [0.1, 0.15) is 0 Å². The molecule has 4 heteroatoms. The van der Waals surface area contributed by atoms with E-state index in [1.807, 2.05) is 24.0 Å². The quantitative estimate of drug-likeness (QED) is 0.685. The molecule has 0 saturated carbocycles. The first kappa shape index (κ1) is 15.2. The fraction of sp³-hybridized carbons (Fsp3) is 0.562. The van der Waals surface area contributed by atoms with Gasteiger partial charge in [-0.3, -0.25) is 4.79 Å². The number of amides is 1. The summed E-state index contributed by atoms with van der Waals surface area (Å²) in [6, 6.07) is 5.97. The van der Waals surface area contributed by atoms with Crippen LogP contribution in [0.3, 0.4) is 0 Å². The lowest BCUT2D eigenvalue weighted by Gasteiger charge is -2.24. The Hall–Kier alpha value is -1.16. The Morgan fingerprint density at radius 1 is 1.20 bits per heavy atom. The van der Waals surface area contributed by atoms with E-state index < -0.39 is 0 Å². The molecule has 1 aromatic carbocycles. The van der Waals surface area contributed by atoms with Crippen molar-refractivity contribution in [1.82, 2.24) is 4.90 Å². The van der Waals surface area contributed by atoms with Crippen molar-refractivity contribution in [1.29, 1.82) is 0 Å². The molecule has 1 aliphatic heterocycles. The molecule has 20 heavy (non-hydrogen) atoms. The summed E-state index contributed by atoms with van der Waals surface area (Å²) >= 11 is 1.56. The van der Waals surface area contributed by atoms with Gasteiger partial charge in [0.25, 0.3) is 0 Å². The third kappa shape index (κ3) is 4.44. The number of likely N-dealkylation sites (tertiary alicyclic amines) is 1. The highest BCUT2D eigenvalue weighted by Crippen LogP contribution is 2.26. The molecule has 0 atom stereocenters. The maximum atomic E-state index is 12.3. The fourth-order valence-electron chi connectivity index (χ4n) is 2.49. The lowest BCUT2D eigenvalue weighted by Crippen LogP contribution is -2.35. The summed E-state index contributed by atoms with van der Waals surface area (Å²) in [4.78, 5) is 15.3. The number of anilines is 1. The number of carbonyl (C=O) groups is 1. The SMILES string of the molecule is Cc1ccc(N)c(SCC(=O)N2CCCCCCC2)c1. The van der Waals surface area contributed by atoms with Gasteiger partial charge >= 0.3 is 0 Å². The molecule has 1 aromatic rings. The van der Waals surface area contributed by atoms with Gasteiger partial charge in [-0.15, -0.1) is 11.8 Å². The van der Waals surface area contributed by atoms with E-state index >= 15 is 0 Å². The third-order valence-corrected chi connectivity index (χ3v) is 4.78. The van der Waals surface area contributed by atoms with Gasteiger partial charge in [0.2, 0.25) is 5.91 Å². The van der Waals surface area contributed by atoms with Gasteiger partial charge in [-0.25, -0.2) is 0 Å². The van der Waals surface area contributed by atoms with Crippen molar-refractivity contribution in [2.45, 2.75) is 43.9 Å². The number of hydrogen-bond donors (Lipinski definition) is 1. The summed E-state index contributed by atoms with van der Waals surface area (Å²) in [6.07, 6.45) is 6.10. The van der Waals surface area contributed by atoms with Crippen molar-refractivity contribution in [2.75, 3.05) is 24.6 Å². The Kier molecular flexibility index (Phi) is 5.77. The molecule has 0 spiro atoms. The van der Waals surface area contributed by atoms with Gasteiger partial charge in [-0.2, -0.15) is 0 Å². The van der Waals surface area contributed by atoms with E-state index in [4.69, 9.17) is 5.73 Å². The van der Waals surface area contributed by atoms with Gasteiger partial charge in [0.05, 0.1) is 5.75 Å². The Balaban J connectivity index is 1.88. The molecule has 0 aromatic heterocycles. The van der Waals surface area contributed by atoms with Crippen molar-refractivity contribution < 1.29 is 4.79 Å². The van der Waals surface area contributed by atoms with E-state index in [0.29, 0.717) is 5.75 Å². The van der Waals surface area contributed by atoms with Gasteiger partial charge in [-0.05, 0) is 37.5 Å². The Morgan fingerprint density at radius 2 is 1.85 bits per heavy atom. The molecule has 2 N–H and O–H groups in total. The molecule has 1 saturated heterocycles. The number of benzene rings is 1. The van der Waals surface area contributed by atoms with Crippen LogP contribution in [0.25, 0.3) is 0 Å². The highest BCUT2D eigenvalue weighted by atomic mass is 32.2. The molecule has 0 bridgehead atoms. The monoisotopic (exact) mass is 292 g/mol. The average Bonchev–Trinajstić information content (AvgIpc) is 2.39. The molecular formula is C16H24N2OS. The zero-order chi connectivity index (χ0) is 14.4. The summed E-state index contributed by atoms with van der Waals surface area (Å²) < 4.78 is 0. The normalized spacial score (nSPS) is 16.6. The molecule has 0 radical (unpaired) electrons. The zero-order valence-electron chi connectivity index (χ0n) is 12.2. The van der Waals surface area contributed by atoms with E-state index in [-0.39, 0.29) is 5.91 Å². The number of hydrogen-bond acceptors (Lipinski definition) is 3. The molecular weight excluding hydrogens is 268 g/mol. The minimum atomic E-state index is 0.248. The molecule has 1 amide bonds. The second-order valence-electron chi connectivity index (χ2n) is 5.48. The summed E-state index contributed by atoms with van der Waals surface area (Å²) in [5, 5.41) is 0. The topological polar surface area (TPSA) is 46.3 Å². The lowest BCUT2D eigenvalue weighted by atomic mass is 10.1. The number of nitrogens with zero attached hydrogens (tertiary/aromatic N) is 1. The van der Waals surface area contributed by atoms with Gasteiger partial charge in [0, 0.05) is 23.7 Å². The molecule has 1 heterocycles. The second kappa shape index (κ2) is 7.58. The van der Waals surface area contributed by atoms with Crippen LogP contribution in [0.4, 0.5) is 5.69 Å². The van der Waals surface area contributed by atoms with Crippen molar-refractivity contribution >= 4 is 23.4 Å². The number of thioether (sulfide) groups is 1. The number of rotatable bonds is 3. The predicted molar refractivity (Wildman–Crippen MR) is 86.0 cm³/mol. The molecule has 3 nitrogen and oxygen atoms in total. The summed E-state index contributed by atoms with van der Waals surface area (Å²) in [5.41, 5.74) is 7.90. The molecule has 1 aliphatic rings. The van der Waals surface area contributed by atoms with Crippen LogP contribution < -0.4 is 5.73 Å². The van der Waals surface area contributed by atoms with Gasteiger partial charge in [0.15, 0.2) is 0 Å².